The molecular weight excluding hydrogens is 226 g/mol. The van der Waals surface area contributed by atoms with E-state index in [0.717, 1.165) is 5.56 Å². The molecule has 4 heteroatoms. The number of carbonyl (C=O) groups is 1. The Balaban J connectivity index is 2.86. The zero-order valence-corrected chi connectivity index (χ0v) is 9.86. The van der Waals surface area contributed by atoms with Gasteiger partial charge in [0.15, 0.2) is 0 Å². The molecule has 0 N–H and O–H groups in total. The number of hydrogen-bond donors (Lipinski definition) is 0. The summed E-state index contributed by atoms with van der Waals surface area (Å²) < 4.78 is 4.99. The smallest absolute Gasteiger partial charge is 0.302 e. The highest BCUT2D eigenvalue weighted by Gasteiger charge is 2.21. The molecule has 2 atom stereocenters. The Kier molecular flexibility index (Phi) is 4.33. The van der Waals surface area contributed by atoms with Crippen molar-refractivity contribution in [2.24, 2.45) is 0 Å². The van der Waals surface area contributed by atoms with Gasteiger partial charge >= 0.3 is 5.97 Å². The van der Waals surface area contributed by atoms with Crippen LogP contribution in [0.3, 0.4) is 0 Å². The van der Waals surface area contributed by atoms with Gasteiger partial charge in [-0.25, -0.2) is 0 Å². The predicted molar refractivity (Wildman–Crippen MR) is 61.0 cm³/mol. The second kappa shape index (κ2) is 5.53. The van der Waals surface area contributed by atoms with Gasteiger partial charge in [-0.3, -0.25) is 4.79 Å². The van der Waals surface area contributed by atoms with Gasteiger partial charge in [-0.15, -0.1) is 0 Å². The number of hydrogen-bond acceptors (Lipinski definition) is 3. The summed E-state index contributed by atoms with van der Waals surface area (Å²) in [6.45, 7) is 3.02. The molecular formula is C12H12ClNO2. The molecule has 0 amide bonds. The van der Waals surface area contributed by atoms with Crippen LogP contribution in [0.15, 0.2) is 24.3 Å². The highest BCUT2D eigenvalue weighted by atomic mass is 35.5. The van der Waals surface area contributed by atoms with Crippen molar-refractivity contribution in [3.05, 3.63) is 34.9 Å². The van der Waals surface area contributed by atoms with Crippen LogP contribution in [0.1, 0.15) is 25.3 Å². The number of esters is 1. The first-order valence-corrected chi connectivity index (χ1v) is 5.24. The van der Waals surface area contributed by atoms with Crippen molar-refractivity contribution >= 4 is 17.6 Å². The predicted octanol–water partition coefficient (Wildman–Crippen LogP) is 2.90. The summed E-state index contributed by atoms with van der Waals surface area (Å²) in [5.74, 6) is -0.858. The fourth-order valence-electron chi connectivity index (χ4n) is 1.45. The molecule has 2 unspecified atom stereocenters. The van der Waals surface area contributed by atoms with Crippen LogP contribution in [-0.2, 0) is 9.53 Å². The number of nitriles is 1. The number of rotatable bonds is 3. The molecule has 84 valence electrons. The number of halogens is 1. The van der Waals surface area contributed by atoms with E-state index < -0.39 is 12.0 Å². The van der Waals surface area contributed by atoms with E-state index in [1.165, 1.54) is 6.92 Å². The summed E-state index contributed by atoms with van der Waals surface area (Å²) in [7, 11) is 0. The Labute approximate surface area is 99.6 Å². The van der Waals surface area contributed by atoms with E-state index >= 15 is 0 Å². The van der Waals surface area contributed by atoms with Gasteiger partial charge in [0.2, 0.25) is 0 Å². The third-order valence-corrected chi connectivity index (χ3v) is 2.44. The van der Waals surface area contributed by atoms with Crippen molar-refractivity contribution in [2.45, 2.75) is 25.9 Å². The molecule has 0 saturated heterocycles. The summed E-state index contributed by atoms with van der Waals surface area (Å²) in [6.07, 6.45) is -0.469. The minimum absolute atomic E-state index is 0.387. The lowest BCUT2D eigenvalue weighted by molar-refractivity contribution is -0.145. The molecule has 1 aromatic carbocycles. The Morgan fingerprint density at radius 3 is 2.44 bits per heavy atom. The van der Waals surface area contributed by atoms with E-state index in [4.69, 9.17) is 21.6 Å². The summed E-state index contributed by atoms with van der Waals surface area (Å²) in [5.41, 5.74) is 0.792. The molecule has 0 spiro atoms. The van der Waals surface area contributed by atoms with Crippen LogP contribution in [0.2, 0.25) is 5.02 Å². The first-order valence-electron chi connectivity index (χ1n) is 4.87. The monoisotopic (exact) mass is 237 g/mol. The third kappa shape index (κ3) is 3.25. The van der Waals surface area contributed by atoms with Crippen LogP contribution in [0.4, 0.5) is 0 Å². The van der Waals surface area contributed by atoms with E-state index in [1.54, 1.807) is 31.2 Å². The van der Waals surface area contributed by atoms with Crippen LogP contribution in [0, 0.1) is 11.3 Å². The molecule has 16 heavy (non-hydrogen) atoms. The molecule has 0 bridgehead atoms. The van der Waals surface area contributed by atoms with Crippen LogP contribution >= 0.6 is 11.6 Å². The molecule has 0 fully saturated rings. The lowest BCUT2D eigenvalue weighted by Crippen LogP contribution is -2.20. The summed E-state index contributed by atoms with van der Waals surface area (Å²) in [6, 6.07) is 9.06. The Morgan fingerprint density at radius 1 is 1.44 bits per heavy atom. The largest absolute Gasteiger partial charge is 0.461 e. The lowest BCUT2D eigenvalue weighted by atomic mass is 9.96. The second-order valence-electron chi connectivity index (χ2n) is 3.47. The molecule has 0 aliphatic carbocycles. The summed E-state index contributed by atoms with van der Waals surface area (Å²) in [5, 5.41) is 9.67. The normalized spacial score (nSPS) is 13.6. The first-order chi connectivity index (χ1) is 7.54. The van der Waals surface area contributed by atoms with Gasteiger partial charge in [-0.2, -0.15) is 5.26 Å². The highest BCUT2D eigenvalue weighted by Crippen LogP contribution is 2.22. The molecule has 1 aromatic rings. The Hall–Kier alpha value is -1.53. The Bertz CT molecular complexity index is 408. The van der Waals surface area contributed by atoms with E-state index in [0.29, 0.717) is 5.02 Å². The molecule has 3 nitrogen and oxygen atoms in total. The standard InChI is InChI=1S/C12H12ClNO2/c1-8(16-9(2)15)12(7-14)10-3-5-11(13)6-4-10/h3-6,8,12H,1-2H3. The SMILES string of the molecule is CC(=O)OC(C)C(C#N)c1ccc(Cl)cc1. The van der Waals surface area contributed by atoms with Gasteiger partial charge in [-0.1, -0.05) is 23.7 Å². The molecule has 0 radical (unpaired) electrons. The summed E-state index contributed by atoms with van der Waals surface area (Å²) in [4.78, 5) is 10.8. The first kappa shape index (κ1) is 12.5. The quantitative estimate of drug-likeness (QED) is 0.760. The van der Waals surface area contributed by atoms with Crippen molar-refractivity contribution in [1.82, 2.24) is 0 Å². The van der Waals surface area contributed by atoms with Crippen LogP contribution in [0.5, 0.6) is 0 Å². The van der Waals surface area contributed by atoms with Gasteiger partial charge in [0.25, 0.3) is 0 Å². The molecule has 0 saturated carbocycles. The maximum absolute atomic E-state index is 10.8. The number of benzene rings is 1. The van der Waals surface area contributed by atoms with Crippen molar-refractivity contribution in [1.29, 1.82) is 5.26 Å². The van der Waals surface area contributed by atoms with Gasteiger partial charge in [0.1, 0.15) is 12.0 Å². The van der Waals surface area contributed by atoms with Crippen LogP contribution in [0.25, 0.3) is 0 Å². The number of ether oxygens (including phenoxy) is 1. The number of carbonyl (C=O) groups excluding carboxylic acids is 1. The fraction of sp³-hybridized carbons (Fsp3) is 0.333. The van der Waals surface area contributed by atoms with Gasteiger partial charge < -0.3 is 4.74 Å². The van der Waals surface area contributed by atoms with Gasteiger partial charge in [0.05, 0.1) is 6.07 Å². The highest BCUT2D eigenvalue weighted by molar-refractivity contribution is 6.30. The minimum Gasteiger partial charge on any atom is -0.461 e. The maximum Gasteiger partial charge on any atom is 0.302 e. The second-order valence-corrected chi connectivity index (χ2v) is 3.91. The van der Waals surface area contributed by atoms with Gasteiger partial charge in [0, 0.05) is 11.9 Å². The average molecular weight is 238 g/mol. The van der Waals surface area contributed by atoms with Gasteiger partial charge in [-0.05, 0) is 24.6 Å². The van der Waals surface area contributed by atoms with Crippen molar-refractivity contribution in [2.75, 3.05) is 0 Å². The molecule has 0 aromatic heterocycles. The van der Waals surface area contributed by atoms with E-state index in [-0.39, 0.29) is 5.97 Å². The van der Waals surface area contributed by atoms with Crippen molar-refractivity contribution < 1.29 is 9.53 Å². The zero-order valence-electron chi connectivity index (χ0n) is 9.11. The molecule has 0 heterocycles. The van der Waals surface area contributed by atoms with E-state index in [1.807, 2.05) is 0 Å². The fourth-order valence-corrected chi connectivity index (χ4v) is 1.58. The van der Waals surface area contributed by atoms with E-state index in [9.17, 15) is 4.79 Å². The van der Waals surface area contributed by atoms with Crippen LogP contribution in [-0.4, -0.2) is 12.1 Å². The zero-order chi connectivity index (χ0) is 12.1. The topological polar surface area (TPSA) is 50.1 Å². The number of nitrogens with zero attached hydrogens (tertiary/aromatic N) is 1. The summed E-state index contributed by atoms with van der Waals surface area (Å²) >= 11 is 5.76. The molecule has 0 aliphatic rings. The third-order valence-electron chi connectivity index (χ3n) is 2.19. The molecule has 1 rings (SSSR count). The molecule has 0 aliphatic heterocycles. The minimum atomic E-state index is -0.471. The van der Waals surface area contributed by atoms with Crippen LogP contribution < -0.4 is 0 Å². The van der Waals surface area contributed by atoms with Crippen molar-refractivity contribution in [3.8, 4) is 6.07 Å². The van der Waals surface area contributed by atoms with E-state index in [2.05, 4.69) is 6.07 Å². The average Bonchev–Trinajstić information content (AvgIpc) is 2.21. The van der Waals surface area contributed by atoms with Crippen molar-refractivity contribution in [3.63, 3.8) is 0 Å². The lowest BCUT2D eigenvalue weighted by Gasteiger charge is -2.17. The Morgan fingerprint density at radius 2 is 2.00 bits per heavy atom. The maximum atomic E-state index is 10.8.